The van der Waals surface area contributed by atoms with Gasteiger partial charge < -0.3 is 9.30 Å². The summed E-state index contributed by atoms with van der Waals surface area (Å²) in [4.78, 5) is 23.2. The Morgan fingerprint density at radius 2 is 1.95 bits per heavy atom. The Morgan fingerprint density at radius 3 is 2.63 bits per heavy atom. The quantitative estimate of drug-likeness (QED) is 0.786. The van der Waals surface area contributed by atoms with Crippen LogP contribution in [0.25, 0.3) is 0 Å². The van der Waals surface area contributed by atoms with Crippen molar-refractivity contribution in [1.82, 2.24) is 4.57 Å². The zero-order chi connectivity index (χ0) is 13.7. The van der Waals surface area contributed by atoms with Crippen molar-refractivity contribution in [3.05, 3.63) is 70.1 Å². The van der Waals surface area contributed by atoms with Gasteiger partial charge in [0.2, 0.25) is 0 Å². The van der Waals surface area contributed by atoms with Crippen LogP contribution < -0.4 is 5.56 Å². The van der Waals surface area contributed by atoms with Gasteiger partial charge in [0.15, 0.2) is 0 Å². The number of esters is 1. The first-order chi connectivity index (χ1) is 9.15. The third kappa shape index (κ3) is 3.81. The normalized spacial score (nSPS) is 10.2. The number of hydrogen-bond donors (Lipinski definition) is 0. The van der Waals surface area contributed by atoms with Crippen molar-refractivity contribution in [2.24, 2.45) is 0 Å². The topological polar surface area (TPSA) is 48.3 Å². The molecule has 0 saturated carbocycles. The summed E-state index contributed by atoms with van der Waals surface area (Å²) in [5, 5.41) is 0. The summed E-state index contributed by atoms with van der Waals surface area (Å²) in [5.41, 5.74) is 1.60. The van der Waals surface area contributed by atoms with Gasteiger partial charge in [0.05, 0.1) is 0 Å². The molecule has 4 heteroatoms. The van der Waals surface area contributed by atoms with Gasteiger partial charge in [0.25, 0.3) is 5.56 Å². The molecule has 0 spiro atoms. The van der Waals surface area contributed by atoms with Gasteiger partial charge in [-0.15, -0.1) is 0 Å². The summed E-state index contributed by atoms with van der Waals surface area (Å²) >= 11 is 0. The Balaban J connectivity index is 1.93. The largest absolute Gasteiger partial charge is 0.459 e. The summed E-state index contributed by atoms with van der Waals surface area (Å²) in [6, 6.07) is 12.7. The second kappa shape index (κ2) is 6.00. The molecule has 0 bridgehead atoms. The number of benzene rings is 1. The van der Waals surface area contributed by atoms with Crippen molar-refractivity contribution in [3.63, 3.8) is 0 Å². The minimum atomic E-state index is -0.421. The standard InChI is InChI=1S/C15H15NO3/c1-12-7-8-16(14(17)9-12)10-15(18)19-11-13-5-3-2-4-6-13/h2-9H,10-11H2,1H3. The van der Waals surface area contributed by atoms with Crippen LogP contribution in [0.5, 0.6) is 0 Å². The van der Waals surface area contributed by atoms with Gasteiger partial charge in [-0.3, -0.25) is 9.59 Å². The van der Waals surface area contributed by atoms with Crippen molar-refractivity contribution in [3.8, 4) is 0 Å². The first kappa shape index (κ1) is 13.1. The van der Waals surface area contributed by atoms with Crippen molar-refractivity contribution in [2.75, 3.05) is 0 Å². The van der Waals surface area contributed by atoms with E-state index in [0.717, 1.165) is 11.1 Å². The predicted octanol–water partition coefficient (Wildman–Crippen LogP) is 1.90. The predicted molar refractivity (Wildman–Crippen MR) is 71.7 cm³/mol. The zero-order valence-corrected chi connectivity index (χ0v) is 10.7. The van der Waals surface area contributed by atoms with E-state index in [1.54, 1.807) is 12.3 Å². The second-order valence-corrected chi connectivity index (χ2v) is 4.32. The maximum absolute atomic E-state index is 11.6. The number of ether oxygens (including phenoxy) is 1. The lowest BCUT2D eigenvalue weighted by Gasteiger charge is -2.07. The molecule has 0 aliphatic carbocycles. The molecule has 2 rings (SSSR count). The summed E-state index contributed by atoms with van der Waals surface area (Å²) in [6.07, 6.45) is 1.60. The molecule has 1 aromatic heterocycles. The van der Waals surface area contributed by atoms with Gasteiger partial charge in [-0.05, 0) is 24.1 Å². The molecule has 1 heterocycles. The summed E-state index contributed by atoms with van der Waals surface area (Å²) < 4.78 is 6.45. The van der Waals surface area contributed by atoms with Crippen LogP contribution in [0.2, 0.25) is 0 Å². The Labute approximate surface area is 111 Å². The SMILES string of the molecule is Cc1ccn(CC(=O)OCc2ccccc2)c(=O)c1. The number of carbonyl (C=O) groups excluding carboxylic acids is 1. The molecule has 0 amide bonds. The lowest BCUT2D eigenvalue weighted by molar-refractivity contribution is -0.145. The highest BCUT2D eigenvalue weighted by Crippen LogP contribution is 2.01. The Hall–Kier alpha value is -2.36. The Kier molecular flexibility index (Phi) is 4.13. The van der Waals surface area contributed by atoms with Gasteiger partial charge in [-0.1, -0.05) is 30.3 Å². The van der Waals surface area contributed by atoms with Crippen molar-refractivity contribution < 1.29 is 9.53 Å². The summed E-state index contributed by atoms with van der Waals surface area (Å²) in [6.45, 7) is 1.99. The molecule has 0 aliphatic heterocycles. The van der Waals surface area contributed by atoms with Crippen LogP contribution in [0, 0.1) is 6.92 Å². The molecule has 0 aliphatic rings. The van der Waals surface area contributed by atoms with Crippen LogP contribution in [0.3, 0.4) is 0 Å². The van der Waals surface area contributed by atoms with Gasteiger partial charge in [0.1, 0.15) is 13.2 Å². The molecular formula is C15H15NO3. The third-order valence-electron chi connectivity index (χ3n) is 2.69. The highest BCUT2D eigenvalue weighted by Gasteiger charge is 2.06. The average molecular weight is 257 g/mol. The minimum Gasteiger partial charge on any atom is -0.459 e. The molecule has 0 unspecified atom stereocenters. The third-order valence-corrected chi connectivity index (χ3v) is 2.69. The smallest absolute Gasteiger partial charge is 0.326 e. The van der Waals surface area contributed by atoms with E-state index in [2.05, 4.69) is 0 Å². The van der Waals surface area contributed by atoms with E-state index in [9.17, 15) is 9.59 Å². The molecule has 0 fully saturated rings. The Morgan fingerprint density at radius 1 is 1.21 bits per heavy atom. The molecule has 0 saturated heterocycles. The minimum absolute atomic E-state index is 0.0635. The molecule has 19 heavy (non-hydrogen) atoms. The van der Waals surface area contributed by atoms with Gasteiger partial charge in [-0.2, -0.15) is 0 Å². The maximum atomic E-state index is 11.6. The average Bonchev–Trinajstić information content (AvgIpc) is 2.41. The van der Waals surface area contributed by atoms with Crippen LogP contribution in [0.4, 0.5) is 0 Å². The van der Waals surface area contributed by atoms with Crippen molar-refractivity contribution in [1.29, 1.82) is 0 Å². The van der Waals surface area contributed by atoms with Crippen LogP contribution >= 0.6 is 0 Å². The van der Waals surface area contributed by atoms with Crippen LogP contribution in [0.15, 0.2) is 53.5 Å². The first-order valence-electron chi connectivity index (χ1n) is 6.02. The molecule has 2 aromatic rings. The molecule has 1 aromatic carbocycles. The van der Waals surface area contributed by atoms with Crippen molar-refractivity contribution >= 4 is 5.97 Å². The number of carbonyl (C=O) groups is 1. The van der Waals surface area contributed by atoms with Gasteiger partial charge >= 0.3 is 5.97 Å². The number of aromatic nitrogens is 1. The zero-order valence-electron chi connectivity index (χ0n) is 10.7. The second-order valence-electron chi connectivity index (χ2n) is 4.32. The van der Waals surface area contributed by atoms with E-state index >= 15 is 0 Å². The molecule has 4 nitrogen and oxygen atoms in total. The molecule has 0 N–H and O–H groups in total. The maximum Gasteiger partial charge on any atom is 0.326 e. The van der Waals surface area contributed by atoms with E-state index in [0.29, 0.717) is 0 Å². The highest BCUT2D eigenvalue weighted by atomic mass is 16.5. The van der Waals surface area contributed by atoms with Crippen LogP contribution in [-0.4, -0.2) is 10.5 Å². The Bertz CT molecular complexity index is 617. The van der Waals surface area contributed by atoms with E-state index in [-0.39, 0.29) is 18.7 Å². The van der Waals surface area contributed by atoms with Crippen molar-refractivity contribution in [2.45, 2.75) is 20.1 Å². The molecule has 0 atom stereocenters. The van der Waals surface area contributed by atoms with Gasteiger partial charge in [0, 0.05) is 12.3 Å². The molecule has 0 radical (unpaired) electrons. The van der Waals surface area contributed by atoms with E-state index < -0.39 is 5.97 Å². The first-order valence-corrected chi connectivity index (χ1v) is 6.02. The summed E-state index contributed by atoms with van der Waals surface area (Å²) in [5.74, 6) is -0.421. The monoisotopic (exact) mass is 257 g/mol. The van der Waals surface area contributed by atoms with E-state index in [1.165, 1.54) is 10.6 Å². The summed E-state index contributed by atoms with van der Waals surface area (Å²) in [7, 11) is 0. The van der Waals surface area contributed by atoms with Crippen LogP contribution in [0.1, 0.15) is 11.1 Å². The molecule has 98 valence electrons. The number of hydrogen-bond acceptors (Lipinski definition) is 3. The van der Waals surface area contributed by atoms with Crippen LogP contribution in [-0.2, 0) is 22.7 Å². The lowest BCUT2D eigenvalue weighted by atomic mass is 10.2. The molecular weight excluding hydrogens is 242 g/mol. The highest BCUT2D eigenvalue weighted by molar-refractivity contribution is 5.69. The van der Waals surface area contributed by atoms with Gasteiger partial charge in [-0.25, -0.2) is 0 Å². The number of rotatable bonds is 4. The number of pyridine rings is 1. The number of nitrogens with zero attached hydrogens (tertiary/aromatic N) is 1. The number of aryl methyl sites for hydroxylation is 1. The fraction of sp³-hybridized carbons (Fsp3) is 0.200. The van der Waals surface area contributed by atoms with E-state index in [4.69, 9.17) is 4.74 Å². The fourth-order valence-electron chi connectivity index (χ4n) is 1.66. The fourth-order valence-corrected chi connectivity index (χ4v) is 1.66. The van der Waals surface area contributed by atoms with E-state index in [1.807, 2.05) is 37.3 Å². The lowest BCUT2D eigenvalue weighted by Crippen LogP contribution is -2.24.